The van der Waals surface area contributed by atoms with Crippen LogP contribution in [-0.2, 0) is 6.42 Å². The molecule has 0 saturated heterocycles. The Morgan fingerprint density at radius 2 is 2.50 bits per heavy atom. The summed E-state index contributed by atoms with van der Waals surface area (Å²) >= 11 is 2.15. The number of aryl methyl sites for hydroxylation is 1. The van der Waals surface area contributed by atoms with Crippen molar-refractivity contribution in [3.05, 3.63) is 15.9 Å². The molecule has 1 aromatic rings. The first-order valence-corrected chi connectivity index (χ1v) is 4.50. The molecule has 0 aliphatic rings. The van der Waals surface area contributed by atoms with E-state index in [2.05, 4.69) is 34.5 Å². The maximum Gasteiger partial charge on any atom is 0.194 e. The number of hydrogen-bond acceptors (Lipinski definition) is 2. The second-order valence-electron chi connectivity index (χ2n) is 2.17. The third-order valence-electron chi connectivity index (χ3n) is 1.27. The molecule has 1 aromatic heterocycles. The first kappa shape index (κ1) is 8.04. The fourth-order valence-corrected chi connectivity index (χ4v) is 1.13. The molecule has 0 N–H and O–H groups in total. The van der Waals surface area contributed by atoms with Gasteiger partial charge in [0.1, 0.15) is 9.96 Å². The predicted octanol–water partition coefficient (Wildman–Crippen LogP) is 2.62. The van der Waals surface area contributed by atoms with E-state index < -0.39 is 0 Å². The van der Waals surface area contributed by atoms with Crippen LogP contribution >= 0.6 is 22.6 Å². The number of oxazole rings is 1. The Labute approximate surface area is 74.2 Å². The van der Waals surface area contributed by atoms with E-state index in [1.54, 1.807) is 6.26 Å². The molecule has 1 rings (SSSR count). The molecule has 0 aliphatic carbocycles. The van der Waals surface area contributed by atoms with Gasteiger partial charge in [0.15, 0.2) is 5.89 Å². The molecule has 0 bridgehead atoms. The van der Waals surface area contributed by atoms with Gasteiger partial charge >= 0.3 is 0 Å². The number of aromatic nitrogens is 1. The van der Waals surface area contributed by atoms with Gasteiger partial charge < -0.3 is 4.42 Å². The van der Waals surface area contributed by atoms with Gasteiger partial charge in [0.2, 0.25) is 0 Å². The summed E-state index contributed by atoms with van der Waals surface area (Å²) in [5.74, 6) is 0.867. The number of hydrogen-bond donors (Lipinski definition) is 0. The van der Waals surface area contributed by atoms with E-state index in [0.29, 0.717) is 0 Å². The van der Waals surface area contributed by atoms with E-state index in [1.165, 1.54) is 6.42 Å². The van der Waals surface area contributed by atoms with E-state index >= 15 is 0 Å². The molecule has 0 atom stereocenters. The zero-order chi connectivity index (χ0) is 7.40. The SMILES string of the molecule is CCCCc1nc(I)co1. The Morgan fingerprint density at radius 1 is 1.70 bits per heavy atom. The van der Waals surface area contributed by atoms with Gasteiger partial charge in [0.25, 0.3) is 0 Å². The maximum atomic E-state index is 5.15. The highest BCUT2D eigenvalue weighted by Gasteiger charge is 1.98. The second-order valence-corrected chi connectivity index (χ2v) is 3.27. The fourth-order valence-electron chi connectivity index (χ4n) is 0.731. The van der Waals surface area contributed by atoms with Gasteiger partial charge in [0.05, 0.1) is 0 Å². The first-order chi connectivity index (χ1) is 4.83. The van der Waals surface area contributed by atoms with Gasteiger partial charge in [-0.05, 0) is 29.0 Å². The molecular formula is C7H10INO. The lowest BCUT2D eigenvalue weighted by atomic mass is 10.2. The number of nitrogens with zero attached hydrogens (tertiary/aromatic N) is 1. The highest BCUT2D eigenvalue weighted by molar-refractivity contribution is 14.1. The van der Waals surface area contributed by atoms with Gasteiger partial charge in [-0.2, -0.15) is 0 Å². The summed E-state index contributed by atoms with van der Waals surface area (Å²) in [6.07, 6.45) is 5.01. The predicted molar refractivity (Wildman–Crippen MR) is 47.8 cm³/mol. The van der Waals surface area contributed by atoms with Gasteiger partial charge in [0, 0.05) is 6.42 Å². The van der Waals surface area contributed by atoms with Crippen molar-refractivity contribution in [3.8, 4) is 0 Å². The van der Waals surface area contributed by atoms with Gasteiger partial charge in [-0.25, -0.2) is 4.98 Å². The Morgan fingerprint density at radius 3 is 3.00 bits per heavy atom. The van der Waals surface area contributed by atoms with Crippen LogP contribution in [0.4, 0.5) is 0 Å². The zero-order valence-electron chi connectivity index (χ0n) is 5.93. The molecule has 0 aliphatic heterocycles. The summed E-state index contributed by atoms with van der Waals surface area (Å²) in [4.78, 5) is 4.17. The summed E-state index contributed by atoms with van der Waals surface area (Å²) in [5.41, 5.74) is 0. The van der Waals surface area contributed by atoms with Gasteiger partial charge in [-0.15, -0.1) is 0 Å². The molecule has 3 heteroatoms. The maximum absolute atomic E-state index is 5.15. The third kappa shape index (κ3) is 2.28. The topological polar surface area (TPSA) is 26.0 Å². The molecule has 0 amide bonds. The van der Waals surface area contributed by atoms with Crippen LogP contribution in [0.25, 0.3) is 0 Å². The lowest BCUT2D eigenvalue weighted by molar-refractivity contribution is 0.485. The van der Waals surface area contributed by atoms with Crippen LogP contribution < -0.4 is 0 Å². The molecule has 56 valence electrons. The van der Waals surface area contributed by atoms with E-state index in [0.717, 1.165) is 22.4 Å². The van der Waals surface area contributed by atoms with Gasteiger partial charge in [-0.1, -0.05) is 13.3 Å². The van der Waals surface area contributed by atoms with Crippen LogP contribution in [-0.4, -0.2) is 4.98 Å². The summed E-state index contributed by atoms with van der Waals surface area (Å²) in [6.45, 7) is 2.16. The first-order valence-electron chi connectivity index (χ1n) is 3.43. The Kier molecular flexibility index (Phi) is 3.18. The van der Waals surface area contributed by atoms with Crippen molar-refractivity contribution in [1.82, 2.24) is 4.98 Å². The smallest absolute Gasteiger partial charge is 0.194 e. The Bertz CT molecular complexity index is 197. The molecule has 0 unspecified atom stereocenters. The molecular weight excluding hydrogens is 241 g/mol. The largest absolute Gasteiger partial charge is 0.448 e. The highest BCUT2D eigenvalue weighted by atomic mass is 127. The average Bonchev–Trinajstić information content (AvgIpc) is 2.31. The second kappa shape index (κ2) is 3.95. The summed E-state index contributed by atoms with van der Waals surface area (Å²) < 4.78 is 6.10. The van der Waals surface area contributed by atoms with Crippen LogP contribution in [0.15, 0.2) is 10.7 Å². The summed E-state index contributed by atoms with van der Waals surface area (Å²) in [5, 5.41) is 0. The van der Waals surface area contributed by atoms with Crippen molar-refractivity contribution >= 4 is 22.6 Å². The minimum absolute atomic E-state index is 0.867. The Hall–Kier alpha value is -0.0600. The molecule has 0 spiro atoms. The van der Waals surface area contributed by atoms with E-state index in [4.69, 9.17) is 4.42 Å². The van der Waals surface area contributed by atoms with Crippen LogP contribution in [0.3, 0.4) is 0 Å². The highest BCUT2D eigenvalue weighted by Crippen LogP contribution is 2.07. The lowest BCUT2D eigenvalue weighted by Gasteiger charge is -1.88. The molecule has 0 saturated carbocycles. The minimum Gasteiger partial charge on any atom is -0.448 e. The average molecular weight is 251 g/mol. The fraction of sp³-hybridized carbons (Fsp3) is 0.571. The zero-order valence-corrected chi connectivity index (χ0v) is 8.09. The van der Waals surface area contributed by atoms with E-state index in [1.807, 2.05) is 0 Å². The van der Waals surface area contributed by atoms with Crippen molar-refractivity contribution in [1.29, 1.82) is 0 Å². The number of unbranched alkanes of at least 4 members (excludes halogenated alkanes) is 1. The van der Waals surface area contributed by atoms with Crippen molar-refractivity contribution in [2.75, 3.05) is 0 Å². The number of rotatable bonds is 3. The molecule has 0 radical (unpaired) electrons. The lowest BCUT2D eigenvalue weighted by Crippen LogP contribution is -1.83. The van der Waals surface area contributed by atoms with Crippen molar-refractivity contribution in [2.45, 2.75) is 26.2 Å². The molecule has 10 heavy (non-hydrogen) atoms. The third-order valence-corrected chi connectivity index (χ3v) is 1.76. The summed E-state index contributed by atoms with van der Waals surface area (Å²) in [7, 11) is 0. The molecule has 0 fully saturated rings. The van der Waals surface area contributed by atoms with E-state index in [9.17, 15) is 0 Å². The van der Waals surface area contributed by atoms with Crippen LogP contribution in [0.5, 0.6) is 0 Å². The van der Waals surface area contributed by atoms with Crippen LogP contribution in [0.1, 0.15) is 25.7 Å². The van der Waals surface area contributed by atoms with Crippen molar-refractivity contribution < 1.29 is 4.42 Å². The number of halogens is 1. The van der Waals surface area contributed by atoms with Crippen molar-refractivity contribution in [2.24, 2.45) is 0 Å². The van der Waals surface area contributed by atoms with E-state index in [-0.39, 0.29) is 0 Å². The quantitative estimate of drug-likeness (QED) is 0.772. The van der Waals surface area contributed by atoms with Gasteiger partial charge in [-0.3, -0.25) is 0 Å². The standard InChI is InChI=1S/C7H10INO/c1-2-3-4-7-9-6(8)5-10-7/h5H,2-4H2,1H3. The van der Waals surface area contributed by atoms with Crippen LogP contribution in [0, 0.1) is 3.70 Å². The Balaban J connectivity index is 2.42. The van der Waals surface area contributed by atoms with Crippen LogP contribution in [0.2, 0.25) is 0 Å². The molecule has 2 nitrogen and oxygen atoms in total. The monoisotopic (exact) mass is 251 g/mol. The minimum atomic E-state index is 0.867. The molecule has 0 aromatic carbocycles. The van der Waals surface area contributed by atoms with Crippen molar-refractivity contribution in [3.63, 3.8) is 0 Å². The molecule has 1 heterocycles. The summed E-state index contributed by atoms with van der Waals surface area (Å²) in [6, 6.07) is 0. The normalized spacial score (nSPS) is 10.2.